The molecule has 0 aromatic heterocycles. The fourth-order valence-electron chi connectivity index (χ4n) is 4.00. The van der Waals surface area contributed by atoms with Crippen molar-refractivity contribution in [3.8, 4) is 11.5 Å². The molecule has 1 aliphatic rings. The summed E-state index contributed by atoms with van der Waals surface area (Å²) in [7, 11) is -2.37. The van der Waals surface area contributed by atoms with Gasteiger partial charge in [0, 0.05) is 18.3 Å². The van der Waals surface area contributed by atoms with E-state index in [1.807, 2.05) is 30.3 Å². The van der Waals surface area contributed by atoms with Crippen LogP contribution in [-0.4, -0.2) is 38.3 Å². The lowest BCUT2D eigenvalue weighted by molar-refractivity contribution is -0.119. The molecule has 178 valence electrons. The number of hydrogen-bond donors (Lipinski definition) is 1. The maximum atomic E-state index is 13.4. The minimum Gasteiger partial charge on any atom is -0.497 e. The topological polar surface area (TPSA) is 84.9 Å². The lowest BCUT2D eigenvalue weighted by Crippen LogP contribution is -2.43. The largest absolute Gasteiger partial charge is 0.497 e. The van der Waals surface area contributed by atoms with Gasteiger partial charge < -0.3 is 14.8 Å². The van der Waals surface area contributed by atoms with Gasteiger partial charge in [-0.3, -0.25) is 4.79 Å². The molecular formula is C26H28N2O5S. The summed E-state index contributed by atoms with van der Waals surface area (Å²) in [6, 6.07) is 21.1. The molecule has 1 saturated heterocycles. The molecule has 0 radical (unpaired) electrons. The normalized spacial score (nSPS) is 16.2. The molecule has 1 N–H and O–H groups in total. The molecule has 1 fully saturated rings. The summed E-state index contributed by atoms with van der Waals surface area (Å²) < 4.78 is 39.1. The highest BCUT2D eigenvalue weighted by molar-refractivity contribution is 7.89. The van der Waals surface area contributed by atoms with Crippen LogP contribution in [-0.2, 0) is 21.4 Å². The molecule has 3 aromatic rings. The van der Waals surface area contributed by atoms with E-state index in [1.54, 1.807) is 43.3 Å². The molecule has 34 heavy (non-hydrogen) atoms. The van der Waals surface area contributed by atoms with Gasteiger partial charge in [0.25, 0.3) is 0 Å². The number of benzene rings is 3. The molecule has 1 aliphatic heterocycles. The Balaban J connectivity index is 1.43. The van der Waals surface area contributed by atoms with Crippen molar-refractivity contribution in [2.24, 2.45) is 0 Å². The SMILES string of the molecule is COc1ccc(C)c(S(=O)(=O)N2CCCC2C(=O)Nc2ccc(OCc3ccccc3)cc2)c1. The van der Waals surface area contributed by atoms with Crippen LogP contribution in [0.2, 0.25) is 0 Å². The van der Waals surface area contributed by atoms with Crippen molar-refractivity contribution in [3.63, 3.8) is 0 Å². The van der Waals surface area contributed by atoms with Crippen molar-refractivity contribution in [2.45, 2.75) is 37.3 Å². The summed E-state index contributed by atoms with van der Waals surface area (Å²) in [5.41, 5.74) is 2.26. The lowest BCUT2D eigenvalue weighted by atomic mass is 10.2. The van der Waals surface area contributed by atoms with Gasteiger partial charge >= 0.3 is 0 Å². The third-order valence-corrected chi connectivity index (χ3v) is 7.91. The van der Waals surface area contributed by atoms with Crippen LogP contribution >= 0.6 is 0 Å². The summed E-state index contributed by atoms with van der Waals surface area (Å²) in [6.07, 6.45) is 1.08. The van der Waals surface area contributed by atoms with Gasteiger partial charge in [-0.15, -0.1) is 0 Å². The van der Waals surface area contributed by atoms with E-state index < -0.39 is 16.1 Å². The van der Waals surface area contributed by atoms with Gasteiger partial charge in [-0.25, -0.2) is 8.42 Å². The number of nitrogens with one attached hydrogen (secondary N) is 1. The number of carbonyl (C=O) groups is 1. The number of aryl methyl sites for hydroxylation is 1. The highest BCUT2D eigenvalue weighted by atomic mass is 32.2. The first-order chi connectivity index (χ1) is 16.4. The minimum atomic E-state index is -3.86. The standard InChI is InChI=1S/C26H28N2O5S/c1-19-10-13-23(32-2)17-25(19)34(30,31)28-16-6-9-24(28)26(29)27-21-11-14-22(15-12-21)33-18-20-7-4-3-5-8-20/h3-5,7-8,10-15,17,24H,6,9,16,18H2,1-2H3,(H,27,29). The van der Waals surface area contributed by atoms with Crippen molar-refractivity contribution >= 4 is 21.6 Å². The Morgan fingerprint density at radius 2 is 1.74 bits per heavy atom. The summed E-state index contributed by atoms with van der Waals surface area (Å²) in [5, 5.41) is 2.85. The second kappa shape index (κ2) is 10.3. The van der Waals surface area contributed by atoms with E-state index in [4.69, 9.17) is 9.47 Å². The molecular weight excluding hydrogens is 452 g/mol. The smallest absolute Gasteiger partial charge is 0.244 e. The first kappa shape index (κ1) is 23.8. The number of rotatable bonds is 8. The van der Waals surface area contributed by atoms with Crippen molar-refractivity contribution < 1.29 is 22.7 Å². The van der Waals surface area contributed by atoms with Crippen LogP contribution in [0.3, 0.4) is 0 Å². The van der Waals surface area contributed by atoms with Gasteiger partial charge in [0.2, 0.25) is 15.9 Å². The molecule has 4 rings (SSSR count). The fourth-order valence-corrected chi connectivity index (χ4v) is 5.90. The van der Waals surface area contributed by atoms with Crippen LogP contribution in [0.4, 0.5) is 5.69 Å². The van der Waals surface area contributed by atoms with Crippen molar-refractivity contribution in [3.05, 3.63) is 83.9 Å². The highest BCUT2D eigenvalue weighted by Gasteiger charge is 2.40. The Bertz CT molecular complexity index is 1240. The number of sulfonamides is 1. The van der Waals surface area contributed by atoms with E-state index >= 15 is 0 Å². The van der Waals surface area contributed by atoms with Crippen LogP contribution in [0, 0.1) is 6.92 Å². The minimum absolute atomic E-state index is 0.159. The summed E-state index contributed by atoms with van der Waals surface area (Å²) >= 11 is 0. The lowest BCUT2D eigenvalue weighted by Gasteiger charge is -2.24. The van der Waals surface area contributed by atoms with E-state index in [9.17, 15) is 13.2 Å². The zero-order chi connectivity index (χ0) is 24.1. The molecule has 7 nitrogen and oxygen atoms in total. The maximum Gasteiger partial charge on any atom is 0.244 e. The molecule has 1 heterocycles. The predicted molar refractivity (Wildman–Crippen MR) is 130 cm³/mol. The molecule has 1 atom stereocenters. The second-order valence-corrected chi connectivity index (χ2v) is 10.1. The molecule has 1 unspecified atom stereocenters. The first-order valence-corrected chi connectivity index (χ1v) is 12.6. The van der Waals surface area contributed by atoms with Crippen LogP contribution < -0.4 is 14.8 Å². The summed E-state index contributed by atoms with van der Waals surface area (Å²) in [6.45, 7) is 2.48. The zero-order valence-corrected chi connectivity index (χ0v) is 20.0. The highest BCUT2D eigenvalue weighted by Crippen LogP contribution is 2.31. The third-order valence-electron chi connectivity index (χ3n) is 5.86. The van der Waals surface area contributed by atoms with Gasteiger partial charge in [-0.2, -0.15) is 4.31 Å². The summed E-state index contributed by atoms with van der Waals surface area (Å²) in [5.74, 6) is 0.791. The van der Waals surface area contributed by atoms with E-state index in [0.29, 0.717) is 48.7 Å². The van der Waals surface area contributed by atoms with E-state index in [2.05, 4.69) is 5.32 Å². The number of carbonyl (C=O) groups excluding carboxylic acids is 1. The Morgan fingerprint density at radius 3 is 2.44 bits per heavy atom. The van der Waals surface area contributed by atoms with Crippen LogP contribution in [0.1, 0.15) is 24.0 Å². The first-order valence-electron chi connectivity index (χ1n) is 11.1. The average molecular weight is 481 g/mol. The Labute approximate surface area is 200 Å². The van der Waals surface area contributed by atoms with E-state index in [0.717, 1.165) is 5.56 Å². The molecule has 0 spiro atoms. The van der Waals surface area contributed by atoms with Crippen molar-refractivity contribution in [1.29, 1.82) is 0 Å². The Kier molecular flexibility index (Phi) is 7.19. The number of nitrogens with zero attached hydrogens (tertiary/aromatic N) is 1. The fraction of sp³-hybridized carbons (Fsp3) is 0.269. The van der Waals surface area contributed by atoms with Gasteiger partial charge in [-0.1, -0.05) is 36.4 Å². The van der Waals surface area contributed by atoms with Gasteiger partial charge in [-0.05, 0) is 61.2 Å². The van der Waals surface area contributed by atoms with Crippen LogP contribution in [0.25, 0.3) is 0 Å². The van der Waals surface area contributed by atoms with Crippen molar-refractivity contribution in [2.75, 3.05) is 19.0 Å². The van der Waals surface area contributed by atoms with Gasteiger partial charge in [0.05, 0.1) is 12.0 Å². The quantitative estimate of drug-likeness (QED) is 0.517. The van der Waals surface area contributed by atoms with Gasteiger partial charge in [0.1, 0.15) is 24.1 Å². The zero-order valence-electron chi connectivity index (χ0n) is 19.2. The number of methoxy groups -OCH3 is 1. The molecule has 8 heteroatoms. The Morgan fingerprint density at radius 1 is 1.03 bits per heavy atom. The number of amides is 1. The Hall–Kier alpha value is -3.36. The molecule has 1 amide bonds. The molecule has 0 saturated carbocycles. The molecule has 0 aliphatic carbocycles. The maximum absolute atomic E-state index is 13.4. The molecule has 0 bridgehead atoms. The number of anilines is 1. The third kappa shape index (κ3) is 5.24. The van der Waals surface area contributed by atoms with E-state index in [-0.39, 0.29) is 10.8 Å². The molecule has 3 aromatic carbocycles. The van der Waals surface area contributed by atoms with Gasteiger partial charge in [0.15, 0.2) is 0 Å². The van der Waals surface area contributed by atoms with Crippen molar-refractivity contribution in [1.82, 2.24) is 4.31 Å². The second-order valence-electron chi connectivity index (χ2n) is 8.19. The average Bonchev–Trinajstić information content (AvgIpc) is 3.36. The number of hydrogen-bond acceptors (Lipinski definition) is 5. The van der Waals surface area contributed by atoms with E-state index in [1.165, 1.54) is 17.5 Å². The number of ether oxygens (including phenoxy) is 2. The predicted octanol–water partition coefficient (Wildman–Crippen LogP) is 4.37. The monoisotopic (exact) mass is 480 g/mol. The summed E-state index contributed by atoms with van der Waals surface area (Å²) in [4.78, 5) is 13.2. The van der Waals surface area contributed by atoms with Crippen LogP contribution in [0.5, 0.6) is 11.5 Å². The van der Waals surface area contributed by atoms with Crippen LogP contribution in [0.15, 0.2) is 77.7 Å².